The van der Waals surface area contributed by atoms with Crippen LogP contribution in [0.15, 0.2) is 24.3 Å². The molecule has 9 N–H and O–H groups in total. The van der Waals surface area contributed by atoms with Crippen molar-refractivity contribution >= 4 is 51.1 Å². The molecule has 15 heteroatoms. The van der Waals surface area contributed by atoms with Gasteiger partial charge in [0.25, 0.3) is 0 Å². The summed E-state index contributed by atoms with van der Waals surface area (Å²) < 4.78 is 0. The summed E-state index contributed by atoms with van der Waals surface area (Å²) in [5.41, 5.74) is 6.26. The second-order valence-electron chi connectivity index (χ2n) is 9.52. The van der Waals surface area contributed by atoms with E-state index in [4.69, 9.17) is 5.73 Å². The van der Waals surface area contributed by atoms with Gasteiger partial charge in [0.1, 0.15) is 23.9 Å². The lowest BCUT2D eigenvalue weighted by molar-refractivity contribution is -0.134. The van der Waals surface area contributed by atoms with Crippen molar-refractivity contribution in [1.29, 1.82) is 0 Å². The molecule has 0 saturated carbocycles. The van der Waals surface area contributed by atoms with Gasteiger partial charge in [0.05, 0.1) is 12.6 Å². The molecule has 1 heterocycles. The van der Waals surface area contributed by atoms with Crippen LogP contribution in [-0.2, 0) is 30.4 Å². The number of unbranched alkanes of at least 4 members (excludes halogenated alkanes) is 1. The van der Waals surface area contributed by atoms with Crippen LogP contribution in [0.4, 0.5) is 0 Å². The fraction of sp³-hybridized carbons (Fsp3) is 0.577. The lowest BCUT2D eigenvalue weighted by Crippen LogP contribution is -2.58. The minimum Gasteiger partial charge on any atom is -0.508 e. The normalized spacial score (nSPS) is 23.3. The van der Waals surface area contributed by atoms with Gasteiger partial charge in [-0.15, -0.1) is 0 Å². The van der Waals surface area contributed by atoms with Gasteiger partial charge in [-0.2, -0.15) is 0 Å². The Hall–Kier alpha value is -3.01. The van der Waals surface area contributed by atoms with Crippen LogP contribution in [0.5, 0.6) is 5.75 Å². The summed E-state index contributed by atoms with van der Waals surface area (Å²) in [6.07, 6.45) is 0.427. The number of aliphatic hydroxyl groups excluding tert-OH is 1. The van der Waals surface area contributed by atoms with Crippen molar-refractivity contribution < 1.29 is 34.2 Å². The molecular formula is C26H40N6O7S2. The van der Waals surface area contributed by atoms with Crippen molar-refractivity contribution in [3.63, 3.8) is 0 Å². The second kappa shape index (κ2) is 18.4. The molecule has 1 aliphatic heterocycles. The Labute approximate surface area is 247 Å². The Morgan fingerprint density at radius 2 is 1.56 bits per heavy atom. The number of carbonyl (C=O) groups excluding carboxylic acids is 5. The number of phenols is 1. The first kappa shape index (κ1) is 34.2. The van der Waals surface area contributed by atoms with Crippen molar-refractivity contribution in [3.8, 4) is 5.75 Å². The molecule has 1 saturated heterocycles. The molecule has 41 heavy (non-hydrogen) atoms. The van der Waals surface area contributed by atoms with Crippen molar-refractivity contribution in [1.82, 2.24) is 26.6 Å². The molecule has 4 unspecified atom stereocenters. The van der Waals surface area contributed by atoms with Gasteiger partial charge in [-0.25, -0.2) is 0 Å². The monoisotopic (exact) mass is 612 g/mol. The van der Waals surface area contributed by atoms with Gasteiger partial charge in [-0.1, -0.05) is 33.7 Å². The molecular weight excluding hydrogens is 572 g/mol. The molecule has 0 aliphatic carbocycles. The molecule has 13 nitrogen and oxygen atoms in total. The molecule has 1 aliphatic rings. The number of amides is 5. The third kappa shape index (κ3) is 13.0. The van der Waals surface area contributed by atoms with Gasteiger partial charge in [-0.05, 0) is 50.4 Å². The molecule has 0 radical (unpaired) electrons. The van der Waals surface area contributed by atoms with Crippen molar-refractivity contribution in [3.05, 3.63) is 29.8 Å². The van der Waals surface area contributed by atoms with Crippen molar-refractivity contribution in [2.45, 2.75) is 63.3 Å². The first-order valence-electron chi connectivity index (χ1n) is 13.5. The molecule has 0 bridgehead atoms. The molecule has 228 valence electrons. The lowest BCUT2D eigenvalue weighted by Gasteiger charge is -2.25. The molecule has 0 spiro atoms. The van der Waals surface area contributed by atoms with Crippen LogP contribution < -0.4 is 32.3 Å². The maximum atomic E-state index is 13.1. The molecule has 2 rings (SSSR count). The zero-order valence-corrected chi connectivity index (χ0v) is 24.7. The third-order valence-electron chi connectivity index (χ3n) is 6.09. The Kier molecular flexibility index (Phi) is 15.4. The highest BCUT2D eigenvalue weighted by atomic mass is 33.1. The van der Waals surface area contributed by atoms with E-state index in [0.29, 0.717) is 36.5 Å². The van der Waals surface area contributed by atoms with Crippen LogP contribution >= 0.6 is 21.6 Å². The Morgan fingerprint density at radius 3 is 2.24 bits per heavy atom. The maximum Gasteiger partial charge on any atom is 0.245 e. The van der Waals surface area contributed by atoms with E-state index in [9.17, 15) is 34.2 Å². The number of hydrogen-bond donors (Lipinski definition) is 8. The number of carbonyl (C=O) groups is 5. The minimum atomic E-state index is -1.23. The molecule has 1 fully saturated rings. The van der Waals surface area contributed by atoms with Crippen molar-refractivity contribution in [2.24, 2.45) is 5.73 Å². The van der Waals surface area contributed by atoms with E-state index >= 15 is 0 Å². The SMILES string of the molecule is CC(O)C1NC(=O)C(CCCCN)NC(=O)CNC(=O)C(Cc2ccc(O)cc2)NC(=O)CCSSCCNC1=O. The van der Waals surface area contributed by atoms with E-state index in [1.54, 1.807) is 12.1 Å². The van der Waals surface area contributed by atoms with Crippen LogP contribution in [0.2, 0.25) is 0 Å². The molecule has 1 aromatic carbocycles. The predicted molar refractivity (Wildman–Crippen MR) is 158 cm³/mol. The summed E-state index contributed by atoms with van der Waals surface area (Å²) in [4.78, 5) is 64.1. The van der Waals surface area contributed by atoms with Gasteiger partial charge in [0.15, 0.2) is 0 Å². The Balaban J connectivity index is 2.20. The van der Waals surface area contributed by atoms with Crippen LogP contribution in [0.1, 0.15) is 38.2 Å². The van der Waals surface area contributed by atoms with Gasteiger partial charge in [0.2, 0.25) is 29.5 Å². The van der Waals surface area contributed by atoms with Gasteiger partial charge in [0, 0.05) is 30.9 Å². The summed E-state index contributed by atoms with van der Waals surface area (Å²) in [5.74, 6) is -1.77. The van der Waals surface area contributed by atoms with E-state index in [2.05, 4.69) is 26.6 Å². The van der Waals surface area contributed by atoms with E-state index in [1.807, 2.05) is 0 Å². The number of phenolic OH excluding ortho intramolecular Hbond substituents is 1. The number of rotatable bonds is 7. The van der Waals surface area contributed by atoms with E-state index in [-0.39, 0.29) is 37.5 Å². The second-order valence-corrected chi connectivity index (χ2v) is 12.2. The highest BCUT2D eigenvalue weighted by Gasteiger charge is 2.30. The highest BCUT2D eigenvalue weighted by Crippen LogP contribution is 2.21. The quantitative estimate of drug-likeness (QED) is 0.138. The number of nitrogens with two attached hydrogens (primary N) is 1. The molecule has 4 atom stereocenters. The van der Waals surface area contributed by atoms with Crippen molar-refractivity contribution in [2.75, 3.05) is 31.1 Å². The number of benzene rings is 1. The van der Waals surface area contributed by atoms with Gasteiger partial charge < -0.3 is 42.5 Å². The van der Waals surface area contributed by atoms with Crippen LogP contribution in [0.25, 0.3) is 0 Å². The average Bonchev–Trinajstić information content (AvgIpc) is 2.93. The minimum absolute atomic E-state index is 0.0639. The summed E-state index contributed by atoms with van der Waals surface area (Å²) >= 11 is 0. The first-order valence-corrected chi connectivity index (χ1v) is 15.9. The average molecular weight is 613 g/mol. The predicted octanol–water partition coefficient (Wildman–Crippen LogP) is -1.08. The molecule has 0 aromatic heterocycles. The fourth-order valence-electron chi connectivity index (χ4n) is 3.88. The summed E-state index contributed by atoms with van der Waals surface area (Å²) in [7, 11) is 2.87. The molecule has 5 amide bonds. The van der Waals surface area contributed by atoms with Crippen LogP contribution in [0.3, 0.4) is 0 Å². The maximum absolute atomic E-state index is 13.1. The number of nitrogens with one attached hydrogen (secondary N) is 5. The van der Waals surface area contributed by atoms with Gasteiger partial charge >= 0.3 is 0 Å². The zero-order valence-electron chi connectivity index (χ0n) is 23.0. The standard InChI is InChI=1S/C26H40N6O7S2/c1-16(33)23-26(39)28-11-13-41-40-12-9-21(35)31-20(14-17-5-7-18(34)8-6-17)24(37)29-15-22(36)30-19(25(38)32-23)4-2-3-10-27/h5-8,16,19-20,23,33-34H,2-4,9-15,27H2,1H3,(H,28,39)(H,29,37)(H,30,36)(H,31,35)(H,32,38). The Morgan fingerprint density at radius 1 is 0.878 bits per heavy atom. The van der Waals surface area contributed by atoms with E-state index in [1.165, 1.54) is 40.6 Å². The Bertz CT molecular complexity index is 1030. The number of hydrogen-bond acceptors (Lipinski definition) is 10. The summed E-state index contributed by atoms with van der Waals surface area (Å²) in [6, 6.07) is 2.97. The third-order valence-corrected chi connectivity index (χ3v) is 8.50. The van der Waals surface area contributed by atoms with Crippen LogP contribution in [-0.4, -0.2) is 95.1 Å². The summed E-state index contributed by atoms with van der Waals surface area (Å²) in [6.45, 7) is 1.58. The highest BCUT2D eigenvalue weighted by molar-refractivity contribution is 8.76. The van der Waals surface area contributed by atoms with Crippen LogP contribution in [0, 0.1) is 0 Å². The first-order chi connectivity index (χ1) is 19.6. The van der Waals surface area contributed by atoms with E-state index < -0.39 is 54.4 Å². The zero-order chi connectivity index (χ0) is 30.2. The topological polar surface area (TPSA) is 212 Å². The molecule has 1 aromatic rings. The number of aliphatic hydroxyl groups is 1. The number of aromatic hydroxyl groups is 1. The lowest BCUT2D eigenvalue weighted by atomic mass is 10.0. The summed E-state index contributed by atoms with van der Waals surface area (Å²) in [5, 5.41) is 32.7. The van der Waals surface area contributed by atoms with Gasteiger partial charge in [-0.3, -0.25) is 24.0 Å². The smallest absolute Gasteiger partial charge is 0.245 e. The van der Waals surface area contributed by atoms with E-state index in [0.717, 1.165) is 0 Å². The largest absolute Gasteiger partial charge is 0.508 e. The fourth-order valence-corrected chi connectivity index (χ4v) is 5.78.